The van der Waals surface area contributed by atoms with Gasteiger partial charge in [0.05, 0.1) is 5.92 Å². The van der Waals surface area contributed by atoms with Gasteiger partial charge in [0.25, 0.3) is 5.91 Å². The Morgan fingerprint density at radius 3 is 2.78 bits per heavy atom. The highest BCUT2D eigenvalue weighted by atomic mass is 16.3. The second-order valence-corrected chi connectivity index (χ2v) is 5.03. The Morgan fingerprint density at radius 1 is 1.22 bits per heavy atom. The van der Waals surface area contributed by atoms with Gasteiger partial charge in [0.2, 0.25) is 0 Å². The standard InChI is InChI=1S/C14H15NO3/c16-12-8-4-2-6-10(12)14(18)9-5-1-3-7-11(9)15-13(14)17/h1,3,5,7,10,18H,2,4,6,8H2,(H,15,17). The maximum Gasteiger partial charge on any atom is 0.261 e. The number of para-hydroxylation sites is 1. The largest absolute Gasteiger partial charge is 0.375 e. The summed E-state index contributed by atoms with van der Waals surface area (Å²) in [4.78, 5) is 24.1. The van der Waals surface area contributed by atoms with Gasteiger partial charge in [0.1, 0.15) is 5.78 Å². The summed E-state index contributed by atoms with van der Waals surface area (Å²) < 4.78 is 0. The van der Waals surface area contributed by atoms with Gasteiger partial charge in [-0.25, -0.2) is 0 Å². The summed E-state index contributed by atoms with van der Waals surface area (Å²) in [5.41, 5.74) is -0.521. The SMILES string of the molecule is O=C1CCCCC1C1(O)C(=O)Nc2ccccc21. The fraction of sp³-hybridized carbons (Fsp3) is 0.429. The van der Waals surface area contributed by atoms with Crippen LogP contribution in [0.4, 0.5) is 5.69 Å². The van der Waals surface area contributed by atoms with E-state index >= 15 is 0 Å². The van der Waals surface area contributed by atoms with Crippen molar-refractivity contribution < 1.29 is 14.7 Å². The van der Waals surface area contributed by atoms with E-state index < -0.39 is 17.4 Å². The topological polar surface area (TPSA) is 66.4 Å². The first-order valence-electron chi connectivity index (χ1n) is 6.30. The molecule has 2 atom stereocenters. The zero-order chi connectivity index (χ0) is 12.8. The molecule has 4 nitrogen and oxygen atoms in total. The predicted molar refractivity (Wildman–Crippen MR) is 65.9 cm³/mol. The Balaban J connectivity index is 2.08. The molecule has 0 bridgehead atoms. The molecule has 0 spiro atoms. The Hall–Kier alpha value is -1.68. The minimum atomic E-state index is -1.67. The van der Waals surface area contributed by atoms with Gasteiger partial charge >= 0.3 is 0 Å². The molecule has 1 aromatic rings. The Labute approximate surface area is 105 Å². The third-order valence-corrected chi connectivity index (χ3v) is 3.99. The number of Topliss-reactive ketones (excluding diaryl/α,β-unsaturated/α-hetero) is 1. The first-order chi connectivity index (χ1) is 8.64. The Bertz CT molecular complexity index is 526. The lowest BCUT2D eigenvalue weighted by molar-refractivity contribution is -0.150. The van der Waals surface area contributed by atoms with Gasteiger partial charge < -0.3 is 10.4 Å². The predicted octanol–water partition coefficient (Wildman–Crippen LogP) is 1.59. The fourth-order valence-corrected chi connectivity index (χ4v) is 3.04. The molecule has 0 aromatic heterocycles. The number of hydrogen-bond acceptors (Lipinski definition) is 3. The van der Waals surface area contributed by atoms with Crippen LogP contribution in [0, 0.1) is 5.92 Å². The summed E-state index contributed by atoms with van der Waals surface area (Å²) in [5.74, 6) is -1.07. The second kappa shape index (κ2) is 3.92. The van der Waals surface area contributed by atoms with Crippen LogP contribution in [0.5, 0.6) is 0 Å². The lowest BCUT2D eigenvalue weighted by Crippen LogP contribution is -2.46. The molecule has 0 radical (unpaired) electrons. The van der Waals surface area contributed by atoms with E-state index in [9.17, 15) is 14.7 Å². The van der Waals surface area contributed by atoms with Crippen molar-refractivity contribution in [3.8, 4) is 0 Å². The molecular weight excluding hydrogens is 230 g/mol. The fourth-order valence-electron chi connectivity index (χ4n) is 3.04. The van der Waals surface area contributed by atoms with Gasteiger partial charge in [0, 0.05) is 17.7 Å². The molecular formula is C14H15NO3. The van der Waals surface area contributed by atoms with Crippen LogP contribution in [0.25, 0.3) is 0 Å². The van der Waals surface area contributed by atoms with E-state index in [1.54, 1.807) is 24.3 Å². The summed E-state index contributed by atoms with van der Waals surface area (Å²) in [7, 11) is 0. The van der Waals surface area contributed by atoms with Crippen LogP contribution in [0.3, 0.4) is 0 Å². The summed E-state index contributed by atoms with van der Waals surface area (Å²) in [5, 5.41) is 13.4. The number of carbonyl (C=O) groups excluding carboxylic acids is 2. The van der Waals surface area contributed by atoms with E-state index in [0.29, 0.717) is 24.1 Å². The molecule has 0 saturated heterocycles. The molecule has 1 amide bonds. The van der Waals surface area contributed by atoms with Crippen LogP contribution in [0.1, 0.15) is 31.2 Å². The van der Waals surface area contributed by atoms with Crippen molar-refractivity contribution in [1.82, 2.24) is 0 Å². The van der Waals surface area contributed by atoms with Crippen molar-refractivity contribution in [2.24, 2.45) is 5.92 Å². The third kappa shape index (κ3) is 1.42. The van der Waals surface area contributed by atoms with E-state index in [4.69, 9.17) is 0 Å². The molecule has 94 valence electrons. The van der Waals surface area contributed by atoms with Crippen molar-refractivity contribution in [2.45, 2.75) is 31.3 Å². The number of hydrogen-bond donors (Lipinski definition) is 2. The molecule has 1 aliphatic heterocycles. The highest BCUT2D eigenvalue weighted by Gasteiger charge is 2.53. The van der Waals surface area contributed by atoms with Crippen LogP contribution in [0.15, 0.2) is 24.3 Å². The molecule has 1 heterocycles. The lowest BCUT2D eigenvalue weighted by Gasteiger charge is -2.32. The smallest absolute Gasteiger partial charge is 0.261 e. The van der Waals surface area contributed by atoms with Crippen molar-refractivity contribution in [3.05, 3.63) is 29.8 Å². The molecule has 2 unspecified atom stereocenters. The number of benzene rings is 1. The van der Waals surface area contributed by atoms with E-state index in [0.717, 1.165) is 12.8 Å². The van der Waals surface area contributed by atoms with Gasteiger partial charge in [-0.1, -0.05) is 24.6 Å². The van der Waals surface area contributed by atoms with Gasteiger partial charge in [-0.2, -0.15) is 0 Å². The van der Waals surface area contributed by atoms with Crippen LogP contribution in [-0.4, -0.2) is 16.8 Å². The van der Waals surface area contributed by atoms with Crippen LogP contribution < -0.4 is 5.32 Å². The molecule has 1 saturated carbocycles. The summed E-state index contributed by atoms with van der Waals surface area (Å²) in [6.07, 6.45) is 2.78. The summed E-state index contributed by atoms with van der Waals surface area (Å²) in [6.45, 7) is 0. The lowest BCUT2D eigenvalue weighted by atomic mass is 9.73. The molecule has 4 heteroatoms. The summed E-state index contributed by atoms with van der Waals surface area (Å²) in [6, 6.07) is 7.04. The number of carbonyl (C=O) groups is 2. The minimum Gasteiger partial charge on any atom is -0.375 e. The minimum absolute atomic E-state index is 0.00407. The van der Waals surface area contributed by atoms with E-state index in [2.05, 4.69) is 5.32 Å². The third-order valence-electron chi connectivity index (χ3n) is 3.99. The second-order valence-electron chi connectivity index (χ2n) is 5.03. The molecule has 1 aliphatic carbocycles. The molecule has 2 aliphatic rings. The number of anilines is 1. The maximum absolute atomic E-state index is 12.1. The zero-order valence-electron chi connectivity index (χ0n) is 9.98. The first-order valence-corrected chi connectivity index (χ1v) is 6.30. The number of nitrogens with one attached hydrogen (secondary N) is 1. The number of rotatable bonds is 1. The van der Waals surface area contributed by atoms with E-state index in [1.807, 2.05) is 0 Å². The van der Waals surface area contributed by atoms with E-state index in [-0.39, 0.29) is 5.78 Å². The molecule has 18 heavy (non-hydrogen) atoms. The molecule has 3 rings (SSSR count). The average Bonchev–Trinajstić information content (AvgIpc) is 2.63. The van der Waals surface area contributed by atoms with Crippen molar-refractivity contribution in [3.63, 3.8) is 0 Å². The van der Waals surface area contributed by atoms with Crippen LogP contribution in [-0.2, 0) is 15.2 Å². The Morgan fingerprint density at radius 2 is 2.00 bits per heavy atom. The molecule has 1 aromatic carbocycles. The van der Waals surface area contributed by atoms with Gasteiger partial charge in [-0.3, -0.25) is 9.59 Å². The highest BCUT2D eigenvalue weighted by Crippen LogP contribution is 2.44. The van der Waals surface area contributed by atoms with Crippen LogP contribution in [0.2, 0.25) is 0 Å². The number of fused-ring (bicyclic) bond motifs is 1. The summed E-state index contributed by atoms with van der Waals surface area (Å²) >= 11 is 0. The number of ketones is 1. The van der Waals surface area contributed by atoms with Gasteiger partial charge in [0.15, 0.2) is 5.60 Å². The van der Waals surface area contributed by atoms with Crippen molar-refractivity contribution >= 4 is 17.4 Å². The van der Waals surface area contributed by atoms with Crippen LogP contribution >= 0.6 is 0 Å². The monoisotopic (exact) mass is 245 g/mol. The van der Waals surface area contributed by atoms with E-state index in [1.165, 1.54) is 0 Å². The quantitative estimate of drug-likeness (QED) is 0.789. The maximum atomic E-state index is 12.1. The number of aliphatic hydroxyl groups is 1. The number of amides is 1. The first kappa shape index (κ1) is 11.4. The van der Waals surface area contributed by atoms with Crippen molar-refractivity contribution in [1.29, 1.82) is 0 Å². The average molecular weight is 245 g/mol. The molecule has 2 N–H and O–H groups in total. The highest BCUT2D eigenvalue weighted by molar-refractivity contribution is 6.07. The normalized spacial score (nSPS) is 31.1. The molecule has 1 fully saturated rings. The van der Waals surface area contributed by atoms with Crippen molar-refractivity contribution in [2.75, 3.05) is 5.32 Å². The van der Waals surface area contributed by atoms with Gasteiger partial charge in [-0.15, -0.1) is 0 Å². The Kier molecular flexibility index (Phi) is 2.48. The zero-order valence-corrected chi connectivity index (χ0v) is 9.98. The van der Waals surface area contributed by atoms with Gasteiger partial charge in [-0.05, 0) is 18.9 Å².